The minimum absolute atomic E-state index is 0.0975. The van der Waals surface area contributed by atoms with Crippen LogP contribution >= 0.6 is 0 Å². The van der Waals surface area contributed by atoms with Gasteiger partial charge in [-0.15, -0.1) is 0 Å². The minimum Gasteiger partial charge on any atom is -0.394 e. The summed E-state index contributed by atoms with van der Waals surface area (Å²) in [5.74, 6) is -0.0960. The van der Waals surface area contributed by atoms with Crippen molar-refractivity contribution in [2.24, 2.45) is 0 Å². The molecule has 0 spiro atoms. The van der Waals surface area contributed by atoms with Crippen molar-refractivity contribution in [1.29, 1.82) is 0 Å². The number of anilines is 1. The summed E-state index contributed by atoms with van der Waals surface area (Å²) in [7, 11) is 0. The number of pyridine rings is 2. The lowest BCUT2D eigenvalue weighted by Crippen LogP contribution is -2.14. The molecule has 0 radical (unpaired) electrons. The number of nitrogens with one attached hydrogen (secondary N) is 2. The van der Waals surface area contributed by atoms with E-state index in [2.05, 4.69) is 40.1 Å². The molecule has 2 aromatic carbocycles. The van der Waals surface area contributed by atoms with Crippen molar-refractivity contribution in [2.75, 3.05) is 5.73 Å². The predicted molar refractivity (Wildman–Crippen MR) is 123 cm³/mol. The van der Waals surface area contributed by atoms with Crippen molar-refractivity contribution in [3.8, 4) is 11.1 Å². The molecule has 3 aromatic heterocycles. The zero-order valence-corrected chi connectivity index (χ0v) is 17.3. The van der Waals surface area contributed by atoms with E-state index < -0.39 is 5.82 Å². The Morgan fingerprint density at radius 2 is 1.90 bits per heavy atom. The lowest BCUT2D eigenvalue weighted by Gasteiger charge is -2.19. The largest absolute Gasteiger partial charge is 0.394 e. The highest BCUT2D eigenvalue weighted by atomic mass is 19.1. The first-order valence-electron chi connectivity index (χ1n) is 10.4. The molecule has 5 aromatic rings. The first-order valence-corrected chi connectivity index (χ1v) is 10.4. The maximum absolute atomic E-state index is 14.3. The van der Waals surface area contributed by atoms with Crippen LogP contribution in [0.1, 0.15) is 38.2 Å². The first-order chi connectivity index (χ1) is 15.0. The molecule has 3 heterocycles. The topological polar surface area (TPSA) is 100 Å². The fourth-order valence-corrected chi connectivity index (χ4v) is 4.60. The molecule has 0 unspecified atom stereocenters. The average molecular weight is 415 g/mol. The number of benzene rings is 2. The molecule has 4 N–H and O–H groups in total. The highest BCUT2D eigenvalue weighted by Crippen LogP contribution is 2.40. The molecule has 0 saturated carbocycles. The van der Waals surface area contributed by atoms with Crippen LogP contribution in [-0.4, -0.2) is 20.2 Å². The van der Waals surface area contributed by atoms with Gasteiger partial charge < -0.3 is 10.7 Å². The zero-order valence-electron chi connectivity index (χ0n) is 17.3. The Morgan fingerprint density at radius 1 is 1.10 bits per heavy atom. The van der Waals surface area contributed by atoms with Crippen LogP contribution in [-0.2, 0) is 0 Å². The Labute approximate surface area is 177 Å². The molecule has 0 amide bonds. The Hall–Kier alpha value is -3.74. The van der Waals surface area contributed by atoms with E-state index in [1.807, 2.05) is 12.1 Å². The molecule has 6 nitrogen and oxygen atoms in total. The van der Waals surface area contributed by atoms with E-state index in [0.717, 1.165) is 34.7 Å². The molecular formula is C24H22FN5O. The van der Waals surface area contributed by atoms with Crippen molar-refractivity contribution < 1.29 is 4.39 Å². The Bertz CT molecular complexity index is 1510. The van der Waals surface area contributed by atoms with Gasteiger partial charge in [0.2, 0.25) is 0 Å². The smallest absolute Gasteiger partial charge is 0.272 e. The molecule has 0 fully saturated rings. The number of nitrogens with zero attached hydrogens (tertiary/aromatic N) is 2. The number of fused-ring (bicyclic) bond motifs is 4. The van der Waals surface area contributed by atoms with Crippen LogP contribution in [0.3, 0.4) is 0 Å². The molecule has 0 bridgehead atoms. The molecule has 0 saturated heterocycles. The Balaban J connectivity index is 2.00. The van der Waals surface area contributed by atoms with Crippen LogP contribution in [0.15, 0.2) is 47.5 Å². The summed E-state index contributed by atoms with van der Waals surface area (Å²) in [5.41, 5.74) is 10.2. The van der Waals surface area contributed by atoms with Gasteiger partial charge in [0.15, 0.2) is 0 Å². The van der Waals surface area contributed by atoms with Crippen LogP contribution in [0.2, 0.25) is 0 Å². The van der Waals surface area contributed by atoms with Gasteiger partial charge in [0.05, 0.1) is 17.2 Å². The number of H-pyrrole nitrogens is 2. The number of aromatic nitrogens is 4. The van der Waals surface area contributed by atoms with Gasteiger partial charge in [-0.3, -0.25) is 14.9 Å². The summed E-state index contributed by atoms with van der Waals surface area (Å²) >= 11 is 0. The van der Waals surface area contributed by atoms with Gasteiger partial charge in [0.25, 0.3) is 5.56 Å². The standard InChI is InChI=1S/C24H22FN5O/c1-3-12(4-2)15-10-16-19(13-7-8-18(25)23-17(13)11-28-30-23)20(26)24(31)29-22(16)14-6-5-9-27-21(14)15/h5-12H,3-4,26H2,1-2H3,(H,28,30)(H,29,31). The number of hydrogen-bond donors (Lipinski definition) is 3. The van der Waals surface area contributed by atoms with Crippen molar-refractivity contribution in [1.82, 2.24) is 20.2 Å². The van der Waals surface area contributed by atoms with Crippen molar-refractivity contribution in [3.05, 3.63) is 64.5 Å². The van der Waals surface area contributed by atoms with Crippen LogP contribution in [0.5, 0.6) is 0 Å². The number of aromatic amines is 2. The third kappa shape index (κ3) is 2.80. The third-order valence-corrected chi connectivity index (χ3v) is 6.20. The maximum atomic E-state index is 14.3. The predicted octanol–water partition coefficient (Wildman–Crippen LogP) is 5.24. The number of nitrogen functional groups attached to an aromatic ring is 1. The molecule has 31 heavy (non-hydrogen) atoms. The SMILES string of the molecule is CCC(CC)c1cc2c(-c3ccc(F)c4[nH]ncc34)c(N)c(=O)[nH]c2c2cccnc12. The van der Waals surface area contributed by atoms with E-state index in [9.17, 15) is 9.18 Å². The van der Waals surface area contributed by atoms with Crippen LogP contribution in [0.25, 0.3) is 43.8 Å². The second-order valence-corrected chi connectivity index (χ2v) is 7.80. The molecule has 7 heteroatoms. The van der Waals surface area contributed by atoms with Crippen molar-refractivity contribution >= 4 is 38.4 Å². The second-order valence-electron chi connectivity index (χ2n) is 7.80. The van der Waals surface area contributed by atoms with E-state index in [1.165, 1.54) is 6.07 Å². The first kappa shape index (κ1) is 19.2. The highest BCUT2D eigenvalue weighted by Gasteiger charge is 2.21. The average Bonchev–Trinajstić information content (AvgIpc) is 3.28. The molecule has 156 valence electrons. The molecule has 0 aliphatic carbocycles. The highest BCUT2D eigenvalue weighted by molar-refractivity contribution is 6.15. The van der Waals surface area contributed by atoms with Crippen molar-refractivity contribution in [3.63, 3.8) is 0 Å². The van der Waals surface area contributed by atoms with E-state index in [1.54, 1.807) is 18.5 Å². The fraction of sp³-hybridized carbons (Fsp3) is 0.208. The minimum atomic E-state index is -0.406. The third-order valence-electron chi connectivity index (χ3n) is 6.20. The molecule has 5 rings (SSSR count). The van der Waals surface area contributed by atoms with Crippen LogP contribution in [0, 0.1) is 5.82 Å². The maximum Gasteiger partial charge on any atom is 0.272 e. The zero-order chi connectivity index (χ0) is 21.7. The van der Waals surface area contributed by atoms with Gasteiger partial charge in [-0.25, -0.2) is 4.39 Å². The summed E-state index contributed by atoms with van der Waals surface area (Å²) in [6.07, 6.45) is 5.25. The second kappa shape index (κ2) is 7.19. The molecule has 0 atom stereocenters. The van der Waals surface area contributed by atoms with Gasteiger partial charge in [-0.2, -0.15) is 5.10 Å². The molecule has 0 aliphatic rings. The number of hydrogen-bond acceptors (Lipinski definition) is 4. The quantitative estimate of drug-likeness (QED) is 0.349. The van der Waals surface area contributed by atoms with E-state index in [0.29, 0.717) is 27.9 Å². The Morgan fingerprint density at radius 3 is 2.68 bits per heavy atom. The fourth-order valence-electron chi connectivity index (χ4n) is 4.60. The lowest BCUT2D eigenvalue weighted by atomic mass is 9.88. The monoisotopic (exact) mass is 415 g/mol. The Kier molecular flexibility index (Phi) is 4.46. The summed E-state index contributed by atoms with van der Waals surface area (Å²) in [5, 5.41) is 8.95. The number of nitrogens with two attached hydrogens (primary N) is 1. The van der Waals surface area contributed by atoms with Crippen LogP contribution in [0.4, 0.5) is 10.1 Å². The summed E-state index contributed by atoms with van der Waals surface area (Å²) in [4.78, 5) is 20.4. The van der Waals surface area contributed by atoms with Crippen LogP contribution < -0.4 is 11.3 Å². The molecular weight excluding hydrogens is 393 g/mol. The van der Waals surface area contributed by atoms with E-state index in [-0.39, 0.29) is 16.8 Å². The van der Waals surface area contributed by atoms with Gasteiger partial charge in [-0.05, 0) is 54.2 Å². The normalized spacial score (nSPS) is 11.9. The van der Waals surface area contributed by atoms with Gasteiger partial charge >= 0.3 is 0 Å². The van der Waals surface area contributed by atoms with E-state index >= 15 is 0 Å². The van der Waals surface area contributed by atoms with Gasteiger partial charge in [-0.1, -0.05) is 19.9 Å². The number of halogens is 1. The van der Waals surface area contributed by atoms with Gasteiger partial charge in [0, 0.05) is 27.9 Å². The number of rotatable bonds is 4. The van der Waals surface area contributed by atoms with Crippen molar-refractivity contribution in [2.45, 2.75) is 32.6 Å². The van der Waals surface area contributed by atoms with Gasteiger partial charge in [0.1, 0.15) is 17.0 Å². The summed E-state index contributed by atoms with van der Waals surface area (Å²) in [6, 6.07) is 8.93. The summed E-state index contributed by atoms with van der Waals surface area (Å²) < 4.78 is 14.3. The summed E-state index contributed by atoms with van der Waals surface area (Å²) in [6.45, 7) is 4.31. The van der Waals surface area contributed by atoms with E-state index in [4.69, 9.17) is 5.73 Å². The lowest BCUT2D eigenvalue weighted by molar-refractivity contribution is 0.636. The molecule has 0 aliphatic heterocycles.